The van der Waals surface area contributed by atoms with Gasteiger partial charge in [-0.25, -0.2) is 4.98 Å². The average molecular weight is 181 g/mol. The minimum Gasteiger partial charge on any atom is -0.373 e. The van der Waals surface area contributed by atoms with Crippen LogP contribution in [0.4, 0.5) is 5.82 Å². The maximum atomic E-state index is 11.7. The van der Waals surface area contributed by atoms with Gasteiger partial charge in [0, 0.05) is 13.6 Å². The Morgan fingerprint density at radius 3 is 2.54 bits per heavy atom. The van der Waals surface area contributed by atoms with Crippen LogP contribution in [0.15, 0.2) is 4.79 Å². The second-order valence-electron chi connectivity index (χ2n) is 2.93. The summed E-state index contributed by atoms with van der Waals surface area (Å²) in [5, 5.41) is 2.90. The van der Waals surface area contributed by atoms with Gasteiger partial charge >= 0.3 is 0 Å². The largest absolute Gasteiger partial charge is 0.373 e. The number of nitrogens with zero attached hydrogens (tertiary/aromatic N) is 2. The molecule has 1 aromatic rings. The fourth-order valence-electron chi connectivity index (χ4n) is 1.37. The SMILES string of the molecule is CCn1c(C)nc(NC)c(C)c1=O. The van der Waals surface area contributed by atoms with Gasteiger partial charge in [-0.15, -0.1) is 0 Å². The molecule has 0 atom stereocenters. The molecule has 0 spiro atoms. The Balaban J connectivity index is 3.46. The van der Waals surface area contributed by atoms with E-state index in [0.29, 0.717) is 17.9 Å². The van der Waals surface area contributed by atoms with Crippen molar-refractivity contribution in [2.75, 3.05) is 12.4 Å². The van der Waals surface area contributed by atoms with E-state index in [1.165, 1.54) is 0 Å². The van der Waals surface area contributed by atoms with Crippen molar-refractivity contribution in [3.05, 3.63) is 21.7 Å². The number of hydrogen-bond donors (Lipinski definition) is 1. The minimum absolute atomic E-state index is 0.0411. The lowest BCUT2D eigenvalue weighted by atomic mass is 10.3. The van der Waals surface area contributed by atoms with E-state index in [1.54, 1.807) is 18.5 Å². The highest BCUT2D eigenvalue weighted by atomic mass is 16.1. The maximum Gasteiger partial charge on any atom is 0.258 e. The Labute approximate surface area is 77.6 Å². The number of nitrogens with one attached hydrogen (secondary N) is 1. The zero-order chi connectivity index (χ0) is 10.0. The van der Waals surface area contributed by atoms with Crippen LogP contribution < -0.4 is 10.9 Å². The molecule has 1 heterocycles. The average Bonchev–Trinajstić information content (AvgIpc) is 2.12. The molecule has 4 heteroatoms. The van der Waals surface area contributed by atoms with E-state index in [1.807, 2.05) is 13.8 Å². The van der Waals surface area contributed by atoms with Crippen molar-refractivity contribution in [3.63, 3.8) is 0 Å². The van der Waals surface area contributed by atoms with E-state index in [2.05, 4.69) is 10.3 Å². The molecule has 1 N–H and O–H groups in total. The van der Waals surface area contributed by atoms with Crippen LogP contribution in [0.5, 0.6) is 0 Å². The topological polar surface area (TPSA) is 46.9 Å². The van der Waals surface area contributed by atoms with Crippen LogP contribution in [-0.2, 0) is 6.54 Å². The van der Waals surface area contributed by atoms with E-state index in [9.17, 15) is 4.79 Å². The van der Waals surface area contributed by atoms with E-state index < -0.39 is 0 Å². The maximum absolute atomic E-state index is 11.7. The normalized spacial score (nSPS) is 10.2. The number of rotatable bonds is 2. The van der Waals surface area contributed by atoms with Gasteiger partial charge in [-0.1, -0.05) is 0 Å². The van der Waals surface area contributed by atoms with E-state index in [0.717, 1.165) is 5.82 Å². The molecule has 1 rings (SSSR count). The molecule has 0 aliphatic heterocycles. The monoisotopic (exact) mass is 181 g/mol. The van der Waals surface area contributed by atoms with Gasteiger partial charge in [0.15, 0.2) is 0 Å². The predicted octanol–water partition coefficient (Wildman–Crippen LogP) is 0.922. The molecule has 0 amide bonds. The third-order valence-corrected chi connectivity index (χ3v) is 2.14. The van der Waals surface area contributed by atoms with Gasteiger partial charge in [0.2, 0.25) is 0 Å². The first-order chi connectivity index (χ1) is 6.11. The van der Waals surface area contributed by atoms with Crippen molar-refractivity contribution in [1.82, 2.24) is 9.55 Å². The number of hydrogen-bond acceptors (Lipinski definition) is 3. The molecular formula is C9H15N3O. The van der Waals surface area contributed by atoms with Crippen LogP contribution in [0.2, 0.25) is 0 Å². The van der Waals surface area contributed by atoms with Crippen molar-refractivity contribution in [3.8, 4) is 0 Å². The van der Waals surface area contributed by atoms with Crippen LogP contribution in [0.3, 0.4) is 0 Å². The fourth-order valence-corrected chi connectivity index (χ4v) is 1.37. The van der Waals surface area contributed by atoms with Gasteiger partial charge in [-0.3, -0.25) is 9.36 Å². The quantitative estimate of drug-likeness (QED) is 0.738. The van der Waals surface area contributed by atoms with Gasteiger partial charge in [0.1, 0.15) is 11.6 Å². The van der Waals surface area contributed by atoms with Gasteiger partial charge < -0.3 is 5.32 Å². The van der Waals surface area contributed by atoms with Gasteiger partial charge in [0.05, 0.1) is 5.56 Å². The Morgan fingerprint density at radius 2 is 2.08 bits per heavy atom. The molecule has 1 aromatic heterocycles. The van der Waals surface area contributed by atoms with Crippen molar-refractivity contribution < 1.29 is 0 Å². The summed E-state index contributed by atoms with van der Waals surface area (Å²) in [6.07, 6.45) is 0. The summed E-state index contributed by atoms with van der Waals surface area (Å²) in [5.74, 6) is 1.43. The Bertz CT molecular complexity index is 368. The highest BCUT2D eigenvalue weighted by molar-refractivity contribution is 5.41. The van der Waals surface area contributed by atoms with Crippen molar-refractivity contribution in [2.45, 2.75) is 27.3 Å². The lowest BCUT2D eigenvalue weighted by Crippen LogP contribution is -2.26. The summed E-state index contributed by atoms with van der Waals surface area (Å²) in [5.41, 5.74) is 0.717. The van der Waals surface area contributed by atoms with Gasteiger partial charge in [-0.05, 0) is 20.8 Å². The van der Waals surface area contributed by atoms with Crippen molar-refractivity contribution in [1.29, 1.82) is 0 Å². The summed E-state index contributed by atoms with van der Waals surface area (Å²) >= 11 is 0. The highest BCUT2D eigenvalue weighted by Crippen LogP contribution is 2.05. The molecule has 0 unspecified atom stereocenters. The first kappa shape index (κ1) is 9.77. The second-order valence-corrected chi connectivity index (χ2v) is 2.93. The molecule has 72 valence electrons. The Hall–Kier alpha value is -1.32. The lowest BCUT2D eigenvalue weighted by molar-refractivity contribution is 0.670. The predicted molar refractivity (Wildman–Crippen MR) is 53.2 cm³/mol. The zero-order valence-corrected chi connectivity index (χ0v) is 8.51. The van der Waals surface area contributed by atoms with Crippen LogP contribution in [0, 0.1) is 13.8 Å². The van der Waals surface area contributed by atoms with Gasteiger partial charge in [0.25, 0.3) is 5.56 Å². The molecule has 0 bridgehead atoms. The molecule has 0 saturated heterocycles. The van der Waals surface area contributed by atoms with Crippen LogP contribution in [0.1, 0.15) is 18.3 Å². The molecular weight excluding hydrogens is 166 g/mol. The Kier molecular flexibility index (Phi) is 2.70. The molecule has 4 nitrogen and oxygen atoms in total. The van der Waals surface area contributed by atoms with Crippen molar-refractivity contribution >= 4 is 5.82 Å². The summed E-state index contributed by atoms with van der Waals surface area (Å²) in [6, 6.07) is 0. The van der Waals surface area contributed by atoms with Gasteiger partial charge in [-0.2, -0.15) is 0 Å². The van der Waals surface area contributed by atoms with Crippen molar-refractivity contribution in [2.24, 2.45) is 0 Å². The third-order valence-electron chi connectivity index (χ3n) is 2.14. The number of aromatic nitrogens is 2. The first-order valence-electron chi connectivity index (χ1n) is 4.37. The minimum atomic E-state index is 0.0411. The smallest absolute Gasteiger partial charge is 0.258 e. The van der Waals surface area contributed by atoms with E-state index >= 15 is 0 Å². The summed E-state index contributed by atoms with van der Waals surface area (Å²) in [7, 11) is 1.77. The molecule has 0 aliphatic carbocycles. The first-order valence-corrected chi connectivity index (χ1v) is 4.37. The lowest BCUT2D eigenvalue weighted by Gasteiger charge is -2.10. The molecule has 13 heavy (non-hydrogen) atoms. The number of anilines is 1. The molecule has 0 radical (unpaired) electrons. The van der Waals surface area contributed by atoms with E-state index in [-0.39, 0.29) is 5.56 Å². The molecule has 0 saturated carbocycles. The summed E-state index contributed by atoms with van der Waals surface area (Å²) in [6.45, 7) is 6.23. The Morgan fingerprint density at radius 1 is 1.46 bits per heavy atom. The summed E-state index contributed by atoms with van der Waals surface area (Å²) < 4.78 is 1.66. The standard InChI is InChI=1S/C9H15N3O/c1-5-12-7(3)11-8(10-4)6(2)9(12)13/h10H,5H2,1-4H3. The number of aryl methyl sites for hydroxylation is 1. The van der Waals surface area contributed by atoms with E-state index in [4.69, 9.17) is 0 Å². The fraction of sp³-hybridized carbons (Fsp3) is 0.556. The molecule has 0 fully saturated rings. The van der Waals surface area contributed by atoms with Crippen LogP contribution in [-0.4, -0.2) is 16.6 Å². The van der Waals surface area contributed by atoms with Crippen LogP contribution in [0.25, 0.3) is 0 Å². The van der Waals surface area contributed by atoms with Crippen LogP contribution >= 0.6 is 0 Å². The molecule has 0 aromatic carbocycles. The highest BCUT2D eigenvalue weighted by Gasteiger charge is 2.07. The third kappa shape index (κ3) is 1.56. The molecule has 0 aliphatic rings. The second kappa shape index (κ2) is 3.60. The summed E-state index contributed by atoms with van der Waals surface area (Å²) in [4.78, 5) is 16.0. The zero-order valence-electron chi connectivity index (χ0n) is 8.51.